The molecule has 0 saturated carbocycles. The van der Waals surface area contributed by atoms with E-state index < -0.39 is 0 Å². The van der Waals surface area contributed by atoms with Crippen LogP contribution >= 0.6 is 22.6 Å². The lowest BCUT2D eigenvalue weighted by molar-refractivity contribution is 0.0946. The van der Waals surface area contributed by atoms with Crippen molar-refractivity contribution in [1.29, 1.82) is 0 Å². The standard InChI is InChI=1S/C17H17IN2O2/c1-12(7-8-13-9-10-16(22-2)19-11-13)20-17(21)14-5-3-4-6-15(14)18/h3-12H,1-2H3,(H,20,21)/b8-7+. The van der Waals surface area contributed by atoms with Gasteiger partial charge in [-0.1, -0.05) is 24.3 Å². The molecule has 1 aromatic heterocycles. The van der Waals surface area contributed by atoms with Gasteiger partial charge in [-0.05, 0) is 53.3 Å². The molecule has 1 aromatic carbocycles. The summed E-state index contributed by atoms with van der Waals surface area (Å²) in [6.45, 7) is 1.93. The first-order valence-corrected chi connectivity index (χ1v) is 7.91. The Bertz CT molecular complexity index is 669. The summed E-state index contributed by atoms with van der Waals surface area (Å²) in [5.41, 5.74) is 1.64. The summed E-state index contributed by atoms with van der Waals surface area (Å²) < 4.78 is 5.95. The van der Waals surface area contributed by atoms with E-state index in [0.717, 1.165) is 9.13 Å². The number of hydrogen-bond donors (Lipinski definition) is 1. The molecule has 0 radical (unpaired) electrons. The molecule has 2 aromatic rings. The largest absolute Gasteiger partial charge is 0.481 e. The lowest BCUT2D eigenvalue weighted by atomic mass is 10.2. The summed E-state index contributed by atoms with van der Waals surface area (Å²) >= 11 is 2.16. The molecule has 0 saturated heterocycles. The Balaban J connectivity index is 1.97. The molecule has 114 valence electrons. The van der Waals surface area contributed by atoms with Crippen LogP contribution < -0.4 is 10.1 Å². The van der Waals surface area contributed by atoms with Crippen LogP contribution in [0.5, 0.6) is 5.88 Å². The van der Waals surface area contributed by atoms with Gasteiger partial charge in [0, 0.05) is 21.9 Å². The number of methoxy groups -OCH3 is 1. The van der Waals surface area contributed by atoms with Crippen molar-refractivity contribution in [3.05, 3.63) is 63.4 Å². The molecular formula is C17H17IN2O2. The van der Waals surface area contributed by atoms with Gasteiger partial charge in [-0.3, -0.25) is 4.79 Å². The molecule has 0 fully saturated rings. The highest BCUT2D eigenvalue weighted by molar-refractivity contribution is 14.1. The van der Waals surface area contributed by atoms with Crippen LogP contribution in [0.1, 0.15) is 22.8 Å². The maximum atomic E-state index is 12.2. The topological polar surface area (TPSA) is 51.2 Å². The van der Waals surface area contributed by atoms with E-state index in [1.165, 1.54) is 0 Å². The summed E-state index contributed by atoms with van der Waals surface area (Å²) in [6, 6.07) is 11.1. The van der Waals surface area contributed by atoms with E-state index in [4.69, 9.17) is 4.74 Å². The minimum atomic E-state index is -0.0781. The van der Waals surface area contributed by atoms with Crippen molar-refractivity contribution in [1.82, 2.24) is 10.3 Å². The molecule has 1 amide bonds. The first-order chi connectivity index (χ1) is 10.6. The molecule has 1 atom stereocenters. The molecule has 2 rings (SSSR count). The molecule has 0 spiro atoms. The maximum absolute atomic E-state index is 12.2. The monoisotopic (exact) mass is 408 g/mol. The SMILES string of the molecule is COc1ccc(/C=C/C(C)NC(=O)c2ccccc2I)cn1. The summed E-state index contributed by atoms with van der Waals surface area (Å²) in [4.78, 5) is 16.3. The van der Waals surface area contributed by atoms with E-state index in [-0.39, 0.29) is 11.9 Å². The third kappa shape index (κ3) is 4.56. The molecule has 5 heteroatoms. The normalized spacial score (nSPS) is 12.1. The maximum Gasteiger partial charge on any atom is 0.252 e. The fraction of sp³-hybridized carbons (Fsp3) is 0.176. The molecule has 1 heterocycles. The van der Waals surface area contributed by atoms with E-state index in [1.807, 2.05) is 49.4 Å². The predicted molar refractivity (Wildman–Crippen MR) is 95.9 cm³/mol. The van der Waals surface area contributed by atoms with Crippen molar-refractivity contribution in [2.75, 3.05) is 7.11 Å². The molecule has 22 heavy (non-hydrogen) atoms. The number of hydrogen-bond acceptors (Lipinski definition) is 3. The number of amides is 1. The van der Waals surface area contributed by atoms with Gasteiger partial charge in [0.25, 0.3) is 5.91 Å². The average Bonchev–Trinajstić information content (AvgIpc) is 2.53. The van der Waals surface area contributed by atoms with Gasteiger partial charge in [-0.2, -0.15) is 0 Å². The zero-order chi connectivity index (χ0) is 15.9. The van der Waals surface area contributed by atoms with E-state index in [1.54, 1.807) is 19.4 Å². The molecule has 0 aliphatic carbocycles. The number of benzene rings is 1. The zero-order valence-corrected chi connectivity index (χ0v) is 14.6. The van der Waals surface area contributed by atoms with E-state index in [2.05, 4.69) is 32.9 Å². The minimum Gasteiger partial charge on any atom is -0.481 e. The molecule has 0 bridgehead atoms. The first kappa shape index (κ1) is 16.5. The van der Waals surface area contributed by atoms with Crippen molar-refractivity contribution in [3.8, 4) is 5.88 Å². The fourth-order valence-corrected chi connectivity index (χ4v) is 2.48. The number of carbonyl (C=O) groups is 1. The van der Waals surface area contributed by atoms with E-state index in [0.29, 0.717) is 11.4 Å². The van der Waals surface area contributed by atoms with Gasteiger partial charge < -0.3 is 10.1 Å². The second kappa shape index (κ2) is 7.93. The average molecular weight is 408 g/mol. The van der Waals surface area contributed by atoms with Crippen LogP contribution in [0.2, 0.25) is 0 Å². The van der Waals surface area contributed by atoms with Crippen LogP contribution in [-0.2, 0) is 0 Å². The third-order valence-electron chi connectivity index (χ3n) is 3.02. The number of ether oxygens (including phenoxy) is 1. The lowest BCUT2D eigenvalue weighted by Gasteiger charge is -2.10. The number of rotatable bonds is 5. The summed E-state index contributed by atoms with van der Waals surface area (Å²) in [6.07, 6.45) is 5.58. The highest BCUT2D eigenvalue weighted by Gasteiger charge is 2.10. The van der Waals surface area contributed by atoms with Crippen LogP contribution in [0.15, 0.2) is 48.7 Å². The molecule has 1 N–H and O–H groups in total. The van der Waals surface area contributed by atoms with Gasteiger partial charge in [0.15, 0.2) is 0 Å². The van der Waals surface area contributed by atoms with Crippen LogP contribution in [-0.4, -0.2) is 24.0 Å². The summed E-state index contributed by atoms with van der Waals surface area (Å²) in [7, 11) is 1.58. The van der Waals surface area contributed by atoms with Gasteiger partial charge in [-0.15, -0.1) is 0 Å². The van der Waals surface area contributed by atoms with Crippen LogP contribution in [0.25, 0.3) is 6.08 Å². The van der Waals surface area contributed by atoms with Crippen molar-refractivity contribution in [3.63, 3.8) is 0 Å². The second-order valence-corrected chi connectivity index (χ2v) is 5.90. The number of aromatic nitrogens is 1. The molecular weight excluding hydrogens is 391 g/mol. The van der Waals surface area contributed by atoms with Gasteiger partial charge >= 0.3 is 0 Å². The summed E-state index contributed by atoms with van der Waals surface area (Å²) in [5, 5.41) is 2.95. The molecule has 4 nitrogen and oxygen atoms in total. The van der Waals surface area contributed by atoms with Crippen molar-refractivity contribution < 1.29 is 9.53 Å². The number of carbonyl (C=O) groups excluding carboxylic acids is 1. The molecule has 0 aliphatic rings. The van der Waals surface area contributed by atoms with Crippen LogP contribution in [0.4, 0.5) is 0 Å². The Morgan fingerprint density at radius 3 is 2.73 bits per heavy atom. The van der Waals surface area contributed by atoms with Crippen LogP contribution in [0, 0.1) is 3.57 Å². The van der Waals surface area contributed by atoms with E-state index in [9.17, 15) is 4.79 Å². The Labute approximate surface area is 143 Å². The second-order valence-electron chi connectivity index (χ2n) is 4.73. The van der Waals surface area contributed by atoms with Crippen LogP contribution in [0.3, 0.4) is 0 Å². The third-order valence-corrected chi connectivity index (χ3v) is 3.96. The minimum absolute atomic E-state index is 0.0741. The van der Waals surface area contributed by atoms with Crippen molar-refractivity contribution in [2.24, 2.45) is 0 Å². The lowest BCUT2D eigenvalue weighted by Crippen LogP contribution is -2.31. The Morgan fingerprint density at radius 2 is 2.09 bits per heavy atom. The summed E-state index contributed by atoms with van der Waals surface area (Å²) in [5.74, 6) is 0.507. The van der Waals surface area contributed by atoms with Gasteiger partial charge in [0.1, 0.15) is 0 Å². The fourth-order valence-electron chi connectivity index (χ4n) is 1.84. The molecule has 1 unspecified atom stereocenters. The first-order valence-electron chi connectivity index (χ1n) is 6.84. The smallest absolute Gasteiger partial charge is 0.252 e. The highest BCUT2D eigenvalue weighted by Crippen LogP contribution is 2.12. The quantitative estimate of drug-likeness (QED) is 0.771. The number of nitrogens with zero attached hydrogens (tertiary/aromatic N) is 1. The predicted octanol–water partition coefficient (Wildman–Crippen LogP) is 3.53. The molecule has 0 aliphatic heterocycles. The van der Waals surface area contributed by atoms with Gasteiger partial charge in [-0.25, -0.2) is 4.98 Å². The van der Waals surface area contributed by atoms with Crippen molar-refractivity contribution in [2.45, 2.75) is 13.0 Å². The number of pyridine rings is 1. The Hall–Kier alpha value is -1.89. The van der Waals surface area contributed by atoms with E-state index >= 15 is 0 Å². The Morgan fingerprint density at radius 1 is 1.32 bits per heavy atom. The Kier molecular flexibility index (Phi) is 5.94. The van der Waals surface area contributed by atoms with Gasteiger partial charge in [0.05, 0.1) is 12.7 Å². The number of halogens is 1. The highest BCUT2D eigenvalue weighted by atomic mass is 127. The zero-order valence-electron chi connectivity index (χ0n) is 12.4. The number of nitrogens with one attached hydrogen (secondary N) is 1. The van der Waals surface area contributed by atoms with Gasteiger partial charge in [0.2, 0.25) is 5.88 Å². The van der Waals surface area contributed by atoms with Crippen molar-refractivity contribution >= 4 is 34.6 Å².